The molecular formula is C19H11ClFN3O3S. The fraction of sp³-hybridized carbons (Fsp3) is 0.0526. The van der Waals surface area contributed by atoms with Crippen molar-refractivity contribution in [3.8, 4) is 0 Å². The van der Waals surface area contributed by atoms with E-state index in [1.54, 1.807) is 24.3 Å². The lowest BCUT2D eigenvalue weighted by Gasteiger charge is -2.23. The van der Waals surface area contributed by atoms with Gasteiger partial charge in [-0.3, -0.25) is 14.5 Å². The van der Waals surface area contributed by atoms with E-state index in [0.29, 0.717) is 10.6 Å². The minimum Gasteiger partial charge on any atom is -0.507 e. The van der Waals surface area contributed by atoms with Gasteiger partial charge in [-0.05, 0) is 35.9 Å². The highest BCUT2D eigenvalue weighted by Crippen LogP contribution is 2.44. The van der Waals surface area contributed by atoms with Crippen molar-refractivity contribution in [2.24, 2.45) is 0 Å². The Morgan fingerprint density at radius 3 is 2.50 bits per heavy atom. The maximum atomic E-state index is 13.3. The van der Waals surface area contributed by atoms with Gasteiger partial charge in [-0.25, -0.2) is 4.39 Å². The summed E-state index contributed by atoms with van der Waals surface area (Å²) in [7, 11) is 0. The third-order valence-electron chi connectivity index (χ3n) is 4.32. The molecule has 0 bridgehead atoms. The summed E-state index contributed by atoms with van der Waals surface area (Å²) in [5.74, 6) is -2.66. The van der Waals surface area contributed by atoms with Crippen molar-refractivity contribution in [3.63, 3.8) is 0 Å². The van der Waals surface area contributed by atoms with Gasteiger partial charge in [0.05, 0.1) is 11.6 Å². The van der Waals surface area contributed by atoms with Crippen molar-refractivity contribution < 1.29 is 19.1 Å². The summed E-state index contributed by atoms with van der Waals surface area (Å²) in [4.78, 5) is 26.7. The molecule has 1 aliphatic heterocycles. The molecule has 2 aromatic carbocycles. The number of carbonyl (C=O) groups excluding carboxylic acids is 2. The predicted molar refractivity (Wildman–Crippen MR) is 103 cm³/mol. The van der Waals surface area contributed by atoms with E-state index >= 15 is 0 Å². The Kier molecular flexibility index (Phi) is 4.66. The van der Waals surface area contributed by atoms with E-state index in [9.17, 15) is 19.1 Å². The van der Waals surface area contributed by atoms with Crippen LogP contribution in [0.15, 0.2) is 59.6 Å². The van der Waals surface area contributed by atoms with Gasteiger partial charge >= 0.3 is 5.91 Å². The first-order valence-electron chi connectivity index (χ1n) is 8.06. The van der Waals surface area contributed by atoms with E-state index in [0.717, 1.165) is 28.4 Å². The number of halogens is 2. The number of nitrogens with zero attached hydrogens (tertiary/aromatic N) is 3. The van der Waals surface area contributed by atoms with Gasteiger partial charge in [-0.1, -0.05) is 41.1 Å². The average molecular weight is 416 g/mol. The number of rotatable bonds is 3. The number of aliphatic hydroxyl groups excluding tert-OH is 1. The zero-order chi connectivity index (χ0) is 19.8. The van der Waals surface area contributed by atoms with E-state index < -0.39 is 29.3 Å². The van der Waals surface area contributed by atoms with Gasteiger partial charge in [0.2, 0.25) is 5.13 Å². The molecule has 0 radical (unpaired) electrons. The number of carbonyl (C=O) groups is 2. The van der Waals surface area contributed by atoms with Crippen LogP contribution in [-0.2, 0) is 9.59 Å². The zero-order valence-electron chi connectivity index (χ0n) is 14.0. The maximum Gasteiger partial charge on any atom is 0.301 e. The molecule has 1 saturated heterocycles. The Morgan fingerprint density at radius 2 is 1.86 bits per heavy atom. The number of anilines is 1. The molecule has 6 nitrogen and oxygen atoms in total. The number of ketones is 1. The molecular weight excluding hydrogens is 405 g/mol. The van der Waals surface area contributed by atoms with Crippen LogP contribution in [0.3, 0.4) is 0 Å². The zero-order valence-corrected chi connectivity index (χ0v) is 15.6. The summed E-state index contributed by atoms with van der Waals surface area (Å²) in [6.45, 7) is 0. The standard InChI is InChI=1S/C19H11ClFN3O3S/c20-13-4-2-1-3-12(13)15-14(16(25)10-5-7-11(21)8-6-10)17(26)18(27)24(15)19-23-22-9-28-19/h1-9,15,25H/b16-14+. The molecule has 1 amide bonds. The smallest absolute Gasteiger partial charge is 0.301 e. The first-order chi connectivity index (χ1) is 13.5. The first-order valence-corrected chi connectivity index (χ1v) is 9.32. The number of aliphatic hydroxyl groups is 1. The minimum absolute atomic E-state index is 0.153. The largest absolute Gasteiger partial charge is 0.507 e. The number of benzene rings is 2. The molecule has 1 fully saturated rings. The van der Waals surface area contributed by atoms with Gasteiger partial charge in [0.15, 0.2) is 0 Å². The van der Waals surface area contributed by atoms with E-state index in [2.05, 4.69) is 10.2 Å². The molecule has 1 atom stereocenters. The number of hydrogen-bond acceptors (Lipinski definition) is 6. The topological polar surface area (TPSA) is 83.4 Å². The van der Waals surface area contributed by atoms with Crippen molar-refractivity contribution in [1.82, 2.24) is 10.2 Å². The summed E-state index contributed by atoms with van der Waals surface area (Å²) in [5, 5.41) is 18.9. The highest BCUT2D eigenvalue weighted by molar-refractivity contribution is 7.13. The van der Waals surface area contributed by atoms with Crippen molar-refractivity contribution in [1.29, 1.82) is 0 Å². The Balaban J connectivity index is 1.96. The molecule has 28 heavy (non-hydrogen) atoms. The number of hydrogen-bond donors (Lipinski definition) is 1. The second-order valence-corrected chi connectivity index (χ2v) is 7.14. The SMILES string of the molecule is O=C1C(=O)N(c2nncs2)C(c2ccccc2Cl)/C1=C(\O)c1ccc(F)cc1. The van der Waals surface area contributed by atoms with Gasteiger partial charge < -0.3 is 5.11 Å². The molecule has 1 unspecified atom stereocenters. The minimum atomic E-state index is -0.994. The van der Waals surface area contributed by atoms with Crippen LogP contribution in [0.25, 0.3) is 5.76 Å². The Hall–Kier alpha value is -3.10. The van der Waals surface area contributed by atoms with Crippen molar-refractivity contribution in [2.45, 2.75) is 6.04 Å². The molecule has 2 heterocycles. The molecule has 1 N–H and O–H groups in total. The van der Waals surface area contributed by atoms with E-state index in [1.807, 2.05) is 0 Å². The molecule has 140 valence electrons. The number of Topliss-reactive ketones (excluding diaryl/α,β-unsaturated/α-hetero) is 1. The van der Waals surface area contributed by atoms with Gasteiger partial charge in [0.1, 0.15) is 17.1 Å². The van der Waals surface area contributed by atoms with Crippen LogP contribution in [0.4, 0.5) is 9.52 Å². The summed E-state index contributed by atoms with van der Waals surface area (Å²) >= 11 is 7.40. The predicted octanol–water partition coefficient (Wildman–Crippen LogP) is 3.96. The number of aromatic nitrogens is 2. The summed E-state index contributed by atoms with van der Waals surface area (Å²) in [6, 6.07) is 10.7. The monoisotopic (exact) mass is 415 g/mol. The second-order valence-electron chi connectivity index (χ2n) is 5.92. The fourth-order valence-corrected chi connectivity index (χ4v) is 3.88. The summed E-state index contributed by atoms with van der Waals surface area (Å²) in [5.41, 5.74) is 1.93. The molecule has 3 aromatic rings. The average Bonchev–Trinajstić information content (AvgIpc) is 3.30. The van der Waals surface area contributed by atoms with Gasteiger partial charge in [0, 0.05) is 10.6 Å². The van der Waals surface area contributed by atoms with Crippen LogP contribution >= 0.6 is 22.9 Å². The lowest BCUT2D eigenvalue weighted by atomic mass is 9.95. The molecule has 0 saturated carbocycles. The molecule has 9 heteroatoms. The molecule has 1 aliphatic rings. The van der Waals surface area contributed by atoms with Gasteiger partial charge in [-0.15, -0.1) is 10.2 Å². The molecule has 4 rings (SSSR count). The van der Waals surface area contributed by atoms with Gasteiger partial charge in [0.25, 0.3) is 5.78 Å². The van der Waals surface area contributed by atoms with E-state index in [-0.39, 0.29) is 16.3 Å². The highest BCUT2D eigenvalue weighted by atomic mass is 35.5. The van der Waals surface area contributed by atoms with Crippen molar-refractivity contribution in [3.05, 3.63) is 81.6 Å². The molecule has 1 aromatic heterocycles. The Labute approximate surface area is 167 Å². The third kappa shape index (κ3) is 2.96. The summed E-state index contributed by atoms with van der Waals surface area (Å²) < 4.78 is 13.3. The lowest BCUT2D eigenvalue weighted by molar-refractivity contribution is -0.132. The Bertz CT molecular complexity index is 1100. The van der Waals surface area contributed by atoms with Crippen LogP contribution < -0.4 is 4.90 Å². The quantitative estimate of drug-likeness (QED) is 0.397. The fourth-order valence-electron chi connectivity index (χ4n) is 3.06. The van der Waals surface area contributed by atoms with Crippen molar-refractivity contribution >= 4 is 45.5 Å². The van der Waals surface area contributed by atoms with Crippen LogP contribution in [0.2, 0.25) is 5.02 Å². The Morgan fingerprint density at radius 1 is 1.14 bits per heavy atom. The number of amides is 1. The molecule has 0 aliphatic carbocycles. The van der Waals surface area contributed by atoms with Crippen LogP contribution in [0, 0.1) is 5.82 Å². The second kappa shape index (κ2) is 7.14. The summed E-state index contributed by atoms with van der Waals surface area (Å²) in [6.07, 6.45) is 0. The van der Waals surface area contributed by atoms with Gasteiger partial charge in [-0.2, -0.15) is 0 Å². The van der Waals surface area contributed by atoms with E-state index in [4.69, 9.17) is 11.6 Å². The van der Waals surface area contributed by atoms with Crippen LogP contribution in [0.1, 0.15) is 17.2 Å². The lowest BCUT2D eigenvalue weighted by Crippen LogP contribution is -2.29. The normalized spacial score (nSPS) is 18.6. The van der Waals surface area contributed by atoms with Crippen molar-refractivity contribution in [2.75, 3.05) is 4.90 Å². The first kappa shape index (κ1) is 18.3. The van der Waals surface area contributed by atoms with Crippen LogP contribution in [0.5, 0.6) is 0 Å². The highest BCUT2D eigenvalue weighted by Gasteiger charge is 2.48. The maximum absolute atomic E-state index is 13.3. The molecule has 0 spiro atoms. The van der Waals surface area contributed by atoms with Crippen LogP contribution in [-0.4, -0.2) is 27.0 Å². The third-order valence-corrected chi connectivity index (χ3v) is 5.35. The van der Waals surface area contributed by atoms with E-state index in [1.165, 1.54) is 17.6 Å².